The number of hydrogen-bond acceptors (Lipinski definition) is 2. The third-order valence-corrected chi connectivity index (χ3v) is 2.91. The van der Waals surface area contributed by atoms with Crippen molar-refractivity contribution in [3.8, 4) is 0 Å². The minimum Gasteiger partial charge on any atom is -0.480 e. The van der Waals surface area contributed by atoms with Crippen molar-refractivity contribution in [2.24, 2.45) is 5.92 Å². The smallest absolute Gasteiger partial charge is 0.320 e. The van der Waals surface area contributed by atoms with Crippen LogP contribution < -0.4 is 5.32 Å². The highest BCUT2D eigenvalue weighted by Gasteiger charge is 2.39. The fourth-order valence-corrected chi connectivity index (χ4v) is 2.34. The number of carboxylic acids is 1. The van der Waals surface area contributed by atoms with Crippen LogP contribution in [0.15, 0.2) is 0 Å². The molecule has 1 saturated heterocycles. The van der Waals surface area contributed by atoms with Gasteiger partial charge in [0, 0.05) is 6.04 Å². The van der Waals surface area contributed by atoms with Gasteiger partial charge in [-0.05, 0) is 25.2 Å². The van der Waals surface area contributed by atoms with Crippen LogP contribution in [0.25, 0.3) is 0 Å². The summed E-state index contributed by atoms with van der Waals surface area (Å²) in [5.74, 6) is -0.0319. The van der Waals surface area contributed by atoms with E-state index in [9.17, 15) is 4.79 Å². The Morgan fingerprint density at radius 1 is 1.45 bits per heavy atom. The van der Waals surface area contributed by atoms with Crippen LogP contribution in [-0.4, -0.2) is 23.2 Å². The number of rotatable bonds is 1. The van der Waals surface area contributed by atoms with Crippen molar-refractivity contribution < 1.29 is 9.90 Å². The minimum atomic E-state index is -0.681. The average Bonchev–Trinajstić information content (AvgIpc) is 2.40. The molecule has 0 aromatic carbocycles. The zero-order chi connectivity index (χ0) is 7.84. The van der Waals surface area contributed by atoms with E-state index >= 15 is 0 Å². The summed E-state index contributed by atoms with van der Waals surface area (Å²) in [7, 11) is 0. The summed E-state index contributed by atoms with van der Waals surface area (Å²) in [5, 5.41) is 11.9. The van der Waals surface area contributed by atoms with E-state index in [4.69, 9.17) is 5.11 Å². The zero-order valence-corrected chi connectivity index (χ0v) is 6.42. The maximum atomic E-state index is 10.6. The molecule has 1 heterocycles. The van der Waals surface area contributed by atoms with E-state index in [1.54, 1.807) is 0 Å². The highest BCUT2D eigenvalue weighted by atomic mass is 16.4. The second-order valence-corrected chi connectivity index (χ2v) is 3.59. The zero-order valence-electron chi connectivity index (χ0n) is 6.42. The number of nitrogens with one attached hydrogen (secondary N) is 1. The monoisotopic (exact) mass is 155 g/mol. The molecule has 2 rings (SSSR count). The Balaban J connectivity index is 1.99. The molecule has 1 aliphatic carbocycles. The molecule has 2 aliphatic rings. The van der Waals surface area contributed by atoms with Gasteiger partial charge in [-0.3, -0.25) is 4.79 Å². The minimum absolute atomic E-state index is 0.259. The van der Waals surface area contributed by atoms with Gasteiger partial charge in [0.2, 0.25) is 0 Å². The predicted octanol–water partition coefficient (Wildman–Crippen LogP) is 0.602. The summed E-state index contributed by atoms with van der Waals surface area (Å²) in [6, 6.07) is 0.251. The van der Waals surface area contributed by atoms with E-state index < -0.39 is 5.97 Å². The summed E-state index contributed by atoms with van der Waals surface area (Å²) in [4.78, 5) is 10.6. The van der Waals surface area contributed by atoms with Gasteiger partial charge in [-0.1, -0.05) is 6.42 Å². The lowest BCUT2D eigenvalue weighted by Crippen LogP contribution is -2.34. The van der Waals surface area contributed by atoms with E-state index in [1.807, 2.05) is 0 Å². The van der Waals surface area contributed by atoms with Crippen molar-refractivity contribution in [2.45, 2.75) is 37.8 Å². The number of hydrogen-bond donors (Lipinski definition) is 2. The molecule has 1 saturated carbocycles. The molecule has 0 bridgehead atoms. The normalized spacial score (nSPS) is 42.4. The number of aliphatic carboxylic acids is 1. The van der Waals surface area contributed by atoms with Crippen LogP contribution in [0.2, 0.25) is 0 Å². The molecule has 3 heteroatoms. The van der Waals surface area contributed by atoms with Crippen molar-refractivity contribution in [1.82, 2.24) is 5.32 Å². The molecule has 0 aromatic rings. The van der Waals surface area contributed by atoms with E-state index in [-0.39, 0.29) is 6.04 Å². The van der Waals surface area contributed by atoms with E-state index in [0.29, 0.717) is 12.0 Å². The summed E-state index contributed by atoms with van der Waals surface area (Å²) in [5.41, 5.74) is 0. The molecule has 3 nitrogen and oxygen atoms in total. The molecule has 2 fully saturated rings. The van der Waals surface area contributed by atoms with Crippen molar-refractivity contribution in [3.05, 3.63) is 0 Å². The van der Waals surface area contributed by atoms with Gasteiger partial charge in [0.1, 0.15) is 6.04 Å². The molecule has 62 valence electrons. The van der Waals surface area contributed by atoms with Crippen LogP contribution in [0.1, 0.15) is 25.7 Å². The van der Waals surface area contributed by atoms with Gasteiger partial charge in [-0.25, -0.2) is 0 Å². The Morgan fingerprint density at radius 2 is 2.27 bits per heavy atom. The van der Waals surface area contributed by atoms with Gasteiger partial charge in [-0.2, -0.15) is 0 Å². The van der Waals surface area contributed by atoms with Gasteiger partial charge in [0.05, 0.1) is 0 Å². The van der Waals surface area contributed by atoms with Crippen LogP contribution in [0.3, 0.4) is 0 Å². The third-order valence-electron chi connectivity index (χ3n) is 2.91. The molecule has 0 spiro atoms. The maximum absolute atomic E-state index is 10.6. The molecule has 2 N–H and O–H groups in total. The first kappa shape index (κ1) is 7.10. The SMILES string of the molecule is O=C(O)C1C[C@@H]2CCCC2N1. The quantitative estimate of drug-likeness (QED) is 0.583. The first-order chi connectivity index (χ1) is 5.27. The highest BCUT2D eigenvalue weighted by Crippen LogP contribution is 2.34. The van der Waals surface area contributed by atoms with Crippen LogP contribution in [0.5, 0.6) is 0 Å². The molecule has 11 heavy (non-hydrogen) atoms. The molecule has 0 amide bonds. The Morgan fingerprint density at radius 3 is 2.91 bits per heavy atom. The molecule has 2 unspecified atom stereocenters. The number of carbonyl (C=O) groups is 1. The topological polar surface area (TPSA) is 49.3 Å². The van der Waals surface area contributed by atoms with Crippen molar-refractivity contribution in [1.29, 1.82) is 0 Å². The predicted molar refractivity (Wildman–Crippen MR) is 40.3 cm³/mol. The fourth-order valence-electron chi connectivity index (χ4n) is 2.34. The van der Waals surface area contributed by atoms with E-state index in [2.05, 4.69) is 5.32 Å². The van der Waals surface area contributed by atoms with Gasteiger partial charge in [-0.15, -0.1) is 0 Å². The molecule has 3 atom stereocenters. The van der Waals surface area contributed by atoms with Crippen molar-refractivity contribution in [3.63, 3.8) is 0 Å². The van der Waals surface area contributed by atoms with Gasteiger partial charge >= 0.3 is 5.97 Å². The molecular formula is C8H13NO2. The summed E-state index contributed by atoms with van der Waals surface area (Å²) in [6.45, 7) is 0. The van der Waals surface area contributed by atoms with Gasteiger partial charge in [0.15, 0.2) is 0 Å². The Kier molecular flexibility index (Phi) is 1.60. The summed E-state index contributed by atoms with van der Waals surface area (Å²) >= 11 is 0. The van der Waals surface area contributed by atoms with Crippen LogP contribution in [0, 0.1) is 5.92 Å². The Labute approximate surface area is 65.8 Å². The number of fused-ring (bicyclic) bond motifs is 1. The second-order valence-electron chi connectivity index (χ2n) is 3.59. The fraction of sp³-hybridized carbons (Fsp3) is 0.875. The van der Waals surface area contributed by atoms with Gasteiger partial charge in [0.25, 0.3) is 0 Å². The van der Waals surface area contributed by atoms with Crippen molar-refractivity contribution in [2.75, 3.05) is 0 Å². The largest absolute Gasteiger partial charge is 0.480 e. The maximum Gasteiger partial charge on any atom is 0.320 e. The lowest BCUT2D eigenvalue weighted by atomic mass is 10.0. The third kappa shape index (κ3) is 1.13. The van der Waals surface area contributed by atoms with E-state index in [1.165, 1.54) is 19.3 Å². The van der Waals surface area contributed by atoms with Gasteiger partial charge < -0.3 is 10.4 Å². The summed E-state index contributed by atoms with van der Waals surface area (Å²) in [6.07, 6.45) is 4.52. The first-order valence-corrected chi connectivity index (χ1v) is 4.26. The molecule has 1 aliphatic heterocycles. The average molecular weight is 155 g/mol. The molecule has 0 aromatic heterocycles. The second kappa shape index (κ2) is 2.48. The van der Waals surface area contributed by atoms with Crippen molar-refractivity contribution >= 4 is 5.97 Å². The first-order valence-electron chi connectivity index (χ1n) is 4.26. The Hall–Kier alpha value is -0.570. The lowest BCUT2D eigenvalue weighted by molar-refractivity contribution is -0.139. The van der Waals surface area contributed by atoms with Crippen LogP contribution in [-0.2, 0) is 4.79 Å². The molecular weight excluding hydrogens is 142 g/mol. The number of carboxylic acid groups (broad SMARTS) is 1. The van der Waals surface area contributed by atoms with Crippen LogP contribution in [0.4, 0.5) is 0 Å². The Bertz CT molecular complexity index is 169. The summed E-state index contributed by atoms with van der Waals surface area (Å²) < 4.78 is 0. The highest BCUT2D eigenvalue weighted by molar-refractivity contribution is 5.74. The van der Waals surface area contributed by atoms with Crippen LogP contribution >= 0.6 is 0 Å². The standard InChI is InChI=1S/C8H13NO2/c10-8(11)7-4-5-2-1-3-6(5)9-7/h5-7,9H,1-4H2,(H,10,11)/t5-,6?,7?/m0/s1. The van der Waals surface area contributed by atoms with E-state index in [0.717, 1.165) is 6.42 Å². The molecule has 0 radical (unpaired) electrons. The lowest BCUT2D eigenvalue weighted by Gasteiger charge is -2.07.